The molecule has 16 heavy (non-hydrogen) atoms. The molecule has 3 rings (SSSR count). The third-order valence-corrected chi connectivity index (χ3v) is 3.62. The van der Waals surface area contributed by atoms with Crippen molar-refractivity contribution in [3.05, 3.63) is 35.1 Å². The van der Waals surface area contributed by atoms with Crippen LogP contribution in [0, 0.1) is 5.82 Å². The van der Waals surface area contributed by atoms with E-state index in [4.69, 9.17) is 4.74 Å². The lowest BCUT2D eigenvalue weighted by Crippen LogP contribution is -2.44. The molecular formula is C12H12FNO2. The van der Waals surface area contributed by atoms with Gasteiger partial charge in [0.2, 0.25) is 0 Å². The van der Waals surface area contributed by atoms with Crippen molar-refractivity contribution >= 4 is 5.97 Å². The Bertz CT molecular complexity index is 474. The fourth-order valence-electron chi connectivity index (χ4n) is 2.65. The molecule has 0 amide bonds. The second-order valence-electron chi connectivity index (χ2n) is 4.38. The van der Waals surface area contributed by atoms with Crippen molar-refractivity contribution in [1.29, 1.82) is 0 Å². The Labute approximate surface area is 92.6 Å². The lowest BCUT2D eigenvalue weighted by molar-refractivity contribution is -0.144. The van der Waals surface area contributed by atoms with Gasteiger partial charge in [-0.15, -0.1) is 0 Å². The molecule has 4 heteroatoms. The molecule has 3 nitrogen and oxygen atoms in total. The van der Waals surface area contributed by atoms with Crippen LogP contribution in [0.25, 0.3) is 0 Å². The summed E-state index contributed by atoms with van der Waals surface area (Å²) in [5.74, 6) is -0.373. The molecule has 0 unspecified atom stereocenters. The summed E-state index contributed by atoms with van der Waals surface area (Å²) in [4.78, 5) is 11.6. The Hall–Kier alpha value is -1.42. The molecule has 0 aromatic heterocycles. The van der Waals surface area contributed by atoms with E-state index in [2.05, 4.69) is 5.32 Å². The average molecular weight is 221 g/mol. The second-order valence-corrected chi connectivity index (χ2v) is 4.38. The van der Waals surface area contributed by atoms with Gasteiger partial charge in [0.05, 0.1) is 7.11 Å². The maximum absolute atomic E-state index is 13.5. The van der Waals surface area contributed by atoms with Gasteiger partial charge in [-0.2, -0.15) is 0 Å². The van der Waals surface area contributed by atoms with Crippen molar-refractivity contribution in [2.45, 2.75) is 24.4 Å². The monoisotopic (exact) mass is 221 g/mol. The number of ether oxygens (including phenoxy) is 1. The molecular weight excluding hydrogens is 209 g/mol. The van der Waals surface area contributed by atoms with Gasteiger partial charge >= 0.3 is 5.97 Å². The van der Waals surface area contributed by atoms with E-state index in [9.17, 15) is 9.18 Å². The molecule has 1 aliphatic carbocycles. The minimum Gasteiger partial charge on any atom is -0.468 e. The molecule has 0 spiro atoms. The fraction of sp³-hybridized carbons (Fsp3) is 0.417. The summed E-state index contributed by atoms with van der Waals surface area (Å²) in [5.41, 5.74) is 1.05. The van der Waals surface area contributed by atoms with E-state index in [1.807, 2.05) is 6.07 Å². The molecule has 1 aliphatic heterocycles. The normalized spacial score (nSPS) is 30.2. The van der Waals surface area contributed by atoms with Gasteiger partial charge in [-0.1, -0.05) is 12.1 Å². The summed E-state index contributed by atoms with van der Waals surface area (Å²) in [7, 11) is 1.38. The predicted molar refractivity (Wildman–Crippen MR) is 55.3 cm³/mol. The van der Waals surface area contributed by atoms with Gasteiger partial charge in [0.25, 0.3) is 0 Å². The van der Waals surface area contributed by atoms with Crippen LogP contribution in [0.3, 0.4) is 0 Å². The fourth-order valence-corrected chi connectivity index (χ4v) is 2.65. The smallest absolute Gasteiger partial charge is 0.326 e. The highest BCUT2D eigenvalue weighted by atomic mass is 19.1. The first-order valence-electron chi connectivity index (χ1n) is 5.30. The van der Waals surface area contributed by atoms with E-state index < -0.39 is 5.54 Å². The lowest BCUT2D eigenvalue weighted by Gasteiger charge is -2.24. The van der Waals surface area contributed by atoms with Crippen LogP contribution in [0.2, 0.25) is 0 Å². The quantitative estimate of drug-likeness (QED) is 0.727. The van der Waals surface area contributed by atoms with Gasteiger partial charge in [-0.05, 0) is 18.1 Å². The van der Waals surface area contributed by atoms with E-state index in [1.54, 1.807) is 6.07 Å². The van der Waals surface area contributed by atoms with Crippen molar-refractivity contribution < 1.29 is 13.9 Å². The first-order valence-corrected chi connectivity index (χ1v) is 5.30. The number of hydrogen-bond donors (Lipinski definition) is 1. The molecule has 2 aliphatic rings. The molecule has 1 aromatic rings. The summed E-state index contributed by atoms with van der Waals surface area (Å²) >= 11 is 0. The van der Waals surface area contributed by atoms with Crippen LogP contribution in [0.4, 0.5) is 4.39 Å². The first-order chi connectivity index (χ1) is 7.69. The van der Waals surface area contributed by atoms with Crippen molar-refractivity contribution in [1.82, 2.24) is 5.32 Å². The third-order valence-electron chi connectivity index (χ3n) is 3.62. The van der Waals surface area contributed by atoms with Crippen LogP contribution >= 0.6 is 0 Å². The van der Waals surface area contributed by atoms with Gasteiger partial charge in [0, 0.05) is 18.0 Å². The molecule has 1 N–H and O–H groups in total. The van der Waals surface area contributed by atoms with Crippen LogP contribution in [0.5, 0.6) is 0 Å². The van der Waals surface area contributed by atoms with E-state index in [1.165, 1.54) is 13.2 Å². The van der Waals surface area contributed by atoms with Gasteiger partial charge < -0.3 is 4.74 Å². The zero-order valence-corrected chi connectivity index (χ0v) is 8.92. The number of esters is 1. The number of hydrogen-bond acceptors (Lipinski definition) is 3. The molecule has 1 aromatic carbocycles. The van der Waals surface area contributed by atoms with Crippen LogP contribution in [0.1, 0.15) is 23.5 Å². The number of fused-ring (bicyclic) bond motifs is 3. The summed E-state index contributed by atoms with van der Waals surface area (Å²) in [6, 6.07) is 5.04. The SMILES string of the molecule is COC(=O)[C@@]12C[C@@H]1c1cccc(F)c1CN2. The summed E-state index contributed by atoms with van der Waals surface area (Å²) in [6.07, 6.45) is 0.704. The summed E-state index contributed by atoms with van der Waals surface area (Å²) in [5, 5.41) is 3.10. The van der Waals surface area contributed by atoms with E-state index in [0.29, 0.717) is 18.5 Å². The highest BCUT2D eigenvalue weighted by Crippen LogP contribution is 2.55. The molecule has 1 fully saturated rings. The average Bonchev–Trinajstić information content (AvgIpc) is 3.04. The highest BCUT2D eigenvalue weighted by molar-refractivity contribution is 5.87. The number of rotatable bonds is 1. The summed E-state index contributed by atoms with van der Waals surface area (Å²) < 4.78 is 18.3. The topological polar surface area (TPSA) is 38.3 Å². The Morgan fingerprint density at radius 3 is 3.19 bits per heavy atom. The molecule has 1 heterocycles. The number of carbonyl (C=O) groups is 1. The maximum Gasteiger partial charge on any atom is 0.326 e. The Morgan fingerprint density at radius 1 is 1.62 bits per heavy atom. The molecule has 84 valence electrons. The van der Waals surface area contributed by atoms with E-state index in [0.717, 1.165) is 5.56 Å². The van der Waals surface area contributed by atoms with Crippen molar-refractivity contribution in [2.75, 3.05) is 7.11 Å². The molecule has 1 saturated carbocycles. The first kappa shape index (κ1) is 9.78. The third kappa shape index (κ3) is 1.08. The molecule has 2 atom stereocenters. The number of benzene rings is 1. The van der Waals surface area contributed by atoms with Crippen LogP contribution in [0.15, 0.2) is 18.2 Å². The Morgan fingerprint density at radius 2 is 2.44 bits per heavy atom. The van der Waals surface area contributed by atoms with Crippen molar-refractivity contribution in [3.63, 3.8) is 0 Å². The number of carbonyl (C=O) groups excluding carboxylic acids is 1. The number of methoxy groups -OCH3 is 1. The predicted octanol–water partition coefficient (Wildman–Crippen LogP) is 1.33. The van der Waals surface area contributed by atoms with E-state index >= 15 is 0 Å². The van der Waals surface area contributed by atoms with Gasteiger partial charge in [0.15, 0.2) is 0 Å². The molecule has 0 bridgehead atoms. The van der Waals surface area contributed by atoms with Gasteiger partial charge in [0.1, 0.15) is 11.4 Å². The van der Waals surface area contributed by atoms with Crippen molar-refractivity contribution in [2.24, 2.45) is 0 Å². The lowest BCUT2D eigenvalue weighted by atomic mass is 9.95. The zero-order valence-electron chi connectivity index (χ0n) is 8.92. The molecule has 0 saturated heterocycles. The number of nitrogens with one attached hydrogen (secondary N) is 1. The van der Waals surface area contributed by atoms with Gasteiger partial charge in [-0.25, -0.2) is 4.39 Å². The summed E-state index contributed by atoms with van der Waals surface area (Å²) in [6.45, 7) is 0.396. The van der Waals surface area contributed by atoms with Crippen LogP contribution in [-0.4, -0.2) is 18.6 Å². The Kier molecular flexibility index (Phi) is 1.86. The van der Waals surface area contributed by atoms with Crippen LogP contribution in [-0.2, 0) is 16.1 Å². The Balaban J connectivity index is 2.02. The largest absolute Gasteiger partial charge is 0.468 e. The zero-order chi connectivity index (χ0) is 11.3. The minimum absolute atomic E-state index is 0.0689. The maximum atomic E-state index is 13.5. The highest BCUT2D eigenvalue weighted by Gasteiger charge is 2.63. The molecule has 0 radical (unpaired) electrons. The minimum atomic E-state index is -0.588. The second kappa shape index (κ2) is 3.04. The standard InChI is InChI=1S/C12H12FNO2/c1-16-11(15)12-5-9(12)7-3-2-4-10(13)8(7)6-14-12/h2-4,9,14H,5-6H2,1H3/t9-,12-/m1/s1. The van der Waals surface area contributed by atoms with Gasteiger partial charge in [-0.3, -0.25) is 10.1 Å². The van der Waals surface area contributed by atoms with Crippen LogP contribution < -0.4 is 5.32 Å². The van der Waals surface area contributed by atoms with Crippen molar-refractivity contribution in [3.8, 4) is 0 Å². The van der Waals surface area contributed by atoms with E-state index in [-0.39, 0.29) is 17.7 Å². The number of halogens is 1.